The van der Waals surface area contributed by atoms with Crippen molar-refractivity contribution < 1.29 is 18.3 Å². The topological polar surface area (TPSA) is 88.4 Å². The molecule has 0 aromatic heterocycles. The summed E-state index contributed by atoms with van der Waals surface area (Å²) >= 11 is 0. The van der Waals surface area contributed by atoms with Gasteiger partial charge in [0.05, 0.1) is 29.1 Å². The molecule has 1 aliphatic heterocycles. The maximum absolute atomic E-state index is 14.2. The van der Waals surface area contributed by atoms with Crippen molar-refractivity contribution in [1.82, 2.24) is 10.6 Å². The van der Waals surface area contributed by atoms with Gasteiger partial charge in [0.15, 0.2) is 0 Å². The molecule has 1 aromatic carbocycles. The first-order valence-electron chi connectivity index (χ1n) is 7.93. The maximum atomic E-state index is 14.2. The summed E-state index contributed by atoms with van der Waals surface area (Å²) in [4.78, 5) is 12.2. The Balaban J connectivity index is 2.07. The lowest BCUT2D eigenvalue weighted by Gasteiger charge is -2.27. The number of carbonyl (C=O) groups is 1. The van der Waals surface area contributed by atoms with Gasteiger partial charge in [0.2, 0.25) is 0 Å². The highest BCUT2D eigenvalue weighted by atomic mass is 19.1. The van der Waals surface area contributed by atoms with E-state index in [1.807, 2.05) is 6.92 Å². The van der Waals surface area contributed by atoms with Gasteiger partial charge in [-0.15, -0.1) is 0 Å². The van der Waals surface area contributed by atoms with Crippen LogP contribution in [0.25, 0.3) is 0 Å². The second-order valence-corrected chi connectivity index (χ2v) is 5.94. The van der Waals surface area contributed by atoms with E-state index in [4.69, 9.17) is 10.5 Å². The quantitative estimate of drug-likeness (QED) is 0.585. The molecule has 0 saturated carbocycles. The molecule has 1 aromatic rings. The van der Waals surface area contributed by atoms with E-state index >= 15 is 0 Å². The number of nitrogens with two attached hydrogens (primary N) is 1. The molecule has 0 radical (unpaired) electrons. The van der Waals surface area contributed by atoms with Crippen molar-refractivity contribution in [3.05, 3.63) is 23.5 Å². The van der Waals surface area contributed by atoms with E-state index in [2.05, 4.69) is 16.0 Å². The number of rotatable bonds is 6. The Morgan fingerprint density at radius 3 is 2.96 bits per heavy atom. The van der Waals surface area contributed by atoms with E-state index in [1.54, 1.807) is 7.11 Å². The molecular formula is C16H24F2N4O2. The summed E-state index contributed by atoms with van der Waals surface area (Å²) in [6, 6.07) is 1.75. The van der Waals surface area contributed by atoms with E-state index in [-0.39, 0.29) is 17.4 Å². The van der Waals surface area contributed by atoms with Crippen LogP contribution in [0.4, 0.5) is 20.2 Å². The van der Waals surface area contributed by atoms with Crippen molar-refractivity contribution in [1.29, 1.82) is 0 Å². The van der Waals surface area contributed by atoms with Crippen LogP contribution < -0.4 is 21.7 Å². The number of anilines is 2. The fourth-order valence-electron chi connectivity index (χ4n) is 2.47. The third kappa shape index (κ3) is 4.55. The van der Waals surface area contributed by atoms with Crippen LogP contribution >= 0.6 is 0 Å². The summed E-state index contributed by atoms with van der Waals surface area (Å²) in [7, 11) is 1.57. The summed E-state index contributed by atoms with van der Waals surface area (Å²) in [6.45, 7) is 3.18. The van der Waals surface area contributed by atoms with Crippen LogP contribution in [0.1, 0.15) is 23.7 Å². The standard InChI is InChI=1S/C16H24F2N4O2/c1-9(24-2)7-21-14-6-12(18)10(5-13(14)19)16(23)22-15-8-20-4-3-11(15)17/h5-6,9,11,15,20-21H,3-4,7-8,19H2,1-2H3,(H,22,23)/t9?,11-,15-/m0/s1. The number of ether oxygens (including phenoxy) is 1. The van der Waals surface area contributed by atoms with Gasteiger partial charge in [-0.2, -0.15) is 0 Å². The number of hydrogen-bond donors (Lipinski definition) is 4. The molecule has 0 aliphatic carbocycles. The average molecular weight is 342 g/mol. The zero-order chi connectivity index (χ0) is 17.7. The zero-order valence-corrected chi connectivity index (χ0v) is 13.9. The van der Waals surface area contributed by atoms with E-state index in [0.717, 1.165) is 0 Å². The number of hydrogen-bond acceptors (Lipinski definition) is 5. The van der Waals surface area contributed by atoms with Gasteiger partial charge in [-0.3, -0.25) is 4.79 Å². The van der Waals surface area contributed by atoms with E-state index in [0.29, 0.717) is 31.7 Å². The highest BCUT2D eigenvalue weighted by Crippen LogP contribution is 2.23. The molecule has 3 atom stereocenters. The van der Waals surface area contributed by atoms with Gasteiger partial charge in [0, 0.05) is 20.2 Å². The summed E-state index contributed by atoms with van der Waals surface area (Å²) < 4.78 is 33.1. The van der Waals surface area contributed by atoms with Crippen molar-refractivity contribution in [2.45, 2.75) is 31.7 Å². The number of halogens is 2. The lowest BCUT2D eigenvalue weighted by Crippen LogP contribution is -2.52. The molecule has 1 unspecified atom stereocenters. The molecule has 1 saturated heterocycles. The summed E-state index contributed by atoms with van der Waals surface area (Å²) in [5.74, 6) is -1.39. The first kappa shape index (κ1) is 18.4. The molecule has 1 aliphatic rings. The molecule has 6 nitrogen and oxygen atoms in total. The minimum absolute atomic E-state index is 0.0734. The Hall–Kier alpha value is -1.93. The van der Waals surface area contributed by atoms with Crippen molar-refractivity contribution in [2.75, 3.05) is 37.8 Å². The number of piperidine rings is 1. The monoisotopic (exact) mass is 342 g/mol. The number of benzene rings is 1. The highest BCUT2D eigenvalue weighted by Gasteiger charge is 2.27. The molecule has 1 heterocycles. The van der Waals surface area contributed by atoms with Gasteiger partial charge in [-0.05, 0) is 32.0 Å². The Bertz CT molecular complexity index is 585. The van der Waals surface area contributed by atoms with Gasteiger partial charge in [0.25, 0.3) is 5.91 Å². The fourth-order valence-corrected chi connectivity index (χ4v) is 2.47. The maximum Gasteiger partial charge on any atom is 0.254 e. The summed E-state index contributed by atoms with van der Waals surface area (Å²) in [5.41, 5.74) is 6.31. The molecule has 1 amide bonds. The number of nitrogens with one attached hydrogen (secondary N) is 3. The van der Waals surface area contributed by atoms with Crippen molar-refractivity contribution in [3.8, 4) is 0 Å². The third-order valence-electron chi connectivity index (χ3n) is 4.08. The molecule has 8 heteroatoms. The van der Waals surface area contributed by atoms with Crippen molar-refractivity contribution in [3.63, 3.8) is 0 Å². The molecule has 2 rings (SSSR count). The van der Waals surface area contributed by atoms with Crippen LogP contribution in [-0.2, 0) is 4.74 Å². The van der Waals surface area contributed by atoms with Crippen LogP contribution in [0.3, 0.4) is 0 Å². The smallest absolute Gasteiger partial charge is 0.254 e. The minimum atomic E-state index is -1.15. The normalized spacial score (nSPS) is 22.0. The number of alkyl halides is 1. The van der Waals surface area contributed by atoms with Gasteiger partial charge in [-0.1, -0.05) is 0 Å². The zero-order valence-electron chi connectivity index (χ0n) is 13.9. The number of amides is 1. The molecule has 1 fully saturated rings. The predicted octanol–water partition coefficient (Wildman–Crippen LogP) is 1.28. The molecule has 5 N–H and O–H groups in total. The van der Waals surface area contributed by atoms with Crippen molar-refractivity contribution >= 4 is 17.3 Å². The lowest BCUT2D eigenvalue weighted by molar-refractivity contribution is 0.0888. The second-order valence-electron chi connectivity index (χ2n) is 5.94. The molecule has 0 bridgehead atoms. The van der Waals surface area contributed by atoms with Crippen LogP contribution in [-0.4, -0.2) is 51.0 Å². The number of methoxy groups -OCH3 is 1. The number of carbonyl (C=O) groups excluding carboxylic acids is 1. The molecular weight excluding hydrogens is 318 g/mol. The Morgan fingerprint density at radius 2 is 2.29 bits per heavy atom. The average Bonchev–Trinajstić information content (AvgIpc) is 2.56. The predicted molar refractivity (Wildman–Crippen MR) is 89.4 cm³/mol. The van der Waals surface area contributed by atoms with Gasteiger partial charge >= 0.3 is 0 Å². The van der Waals surface area contributed by atoms with Crippen LogP contribution in [0.5, 0.6) is 0 Å². The minimum Gasteiger partial charge on any atom is -0.397 e. The van der Waals surface area contributed by atoms with Gasteiger partial charge < -0.3 is 26.4 Å². The van der Waals surface area contributed by atoms with E-state index in [9.17, 15) is 13.6 Å². The van der Waals surface area contributed by atoms with Crippen LogP contribution in [0.15, 0.2) is 12.1 Å². The van der Waals surface area contributed by atoms with Crippen molar-refractivity contribution in [2.24, 2.45) is 0 Å². The largest absolute Gasteiger partial charge is 0.397 e. The molecule has 24 heavy (non-hydrogen) atoms. The molecule has 0 spiro atoms. The number of nitrogen functional groups attached to an aromatic ring is 1. The second kappa shape index (κ2) is 8.25. The van der Waals surface area contributed by atoms with Gasteiger partial charge in [-0.25, -0.2) is 8.78 Å². The fraction of sp³-hybridized carbons (Fsp3) is 0.562. The summed E-state index contributed by atoms with van der Waals surface area (Å²) in [5, 5.41) is 8.48. The van der Waals surface area contributed by atoms with E-state index in [1.165, 1.54) is 12.1 Å². The SMILES string of the molecule is COC(C)CNc1cc(F)c(C(=O)N[C@H]2CNCC[C@@H]2F)cc1N. The first-order chi connectivity index (χ1) is 11.4. The Morgan fingerprint density at radius 1 is 1.54 bits per heavy atom. The summed E-state index contributed by atoms with van der Waals surface area (Å²) in [6.07, 6.45) is -0.904. The Labute approximate surface area is 140 Å². The lowest BCUT2D eigenvalue weighted by atomic mass is 10.0. The molecule has 134 valence electrons. The van der Waals surface area contributed by atoms with Crippen LogP contribution in [0.2, 0.25) is 0 Å². The van der Waals surface area contributed by atoms with E-state index < -0.39 is 23.9 Å². The first-order valence-corrected chi connectivity index (χ1v) is 7.93. The van der Waals surface area contributed by atoms with Crippen LogP contribution in [0, 0.1) is 5.82 Å². The highest BCUT2D eigenvalue weighted by molar-refractivity contribution is 5.96. The van der Waals surface area contributed by atoms with Gasteiger partial charge in [0.1, 0.15) is 12.0 Å². The third-order valence-corrected chi connectivity index (χ3v) is 4.08. The Kier molecular flexibility index (Phi) is 6.33.